The van der Waals surface area contributed by atoms with Crippen molar-refractivity contribution in [1.29, 1.82) is 0 Å². The van der Waals surface area contributed by atoms with Crippen LogP contribution in [0, 0.1) is 0 Å². The molecule has 0 saturated carbocycles. The molecule has 2 N–H and O–H groups in total. The maximum absolute atomic E-state index is 12.5. The van der Waals surface area contributed by atoms with E-state index in [9.17, 15) is 14.7 Å². The Hall–Kier alpha value is -3.80. The van der Waals surface area contributed by atoms with E-state index in [1.54, 1.807) is 31.4 Å². The Morgan fingerprint density at radius 1 is 1.00 bits per heavy atom. The third-order valence-corrected chi connectivity index (χ3v) is 5.38. The number of aliphatic carboxylic acids is 1. The highest BCUT2D eigenvalue weighted by molar-refractivity contribution is 5.81. The van der Waals surface area contributed by atoms with Crippen molar-refractivity contribution in [2.75, 3.05) is 13.7 Å². The number of alkyl carbamates (subject to hydrolysis) is 1. The molecule has 31 heavy (non-hydrogen) atoms. The molecule has 0 fully saturated rings. The van der Waals surface area contributed by atoms with Gasteiger partial charge in [0, 0.05) is 12.3 Å². The van der Waals surface area contributed by atoms with Gasteiger partial charge in [-0.05, 0) is 39.9 Å². The number of carbonyl (C=O) groups excluding carboxylic acids is 1. The Kier molecular flexibility index (Phi) is 5.52. The maximum Gasteiger partial charge on any atom is 0.407 e. The van der Waals surface area contributed by atoms with Crippen molar-refractivity contribution in [2.45, 2.75) is 18.4 Å². The second-order valence-electron chi connectivity index (χ2n) is 7.28. The minimum atomic E-state index is -1.23. The molecule has 1 unspecified atom stereocenters. The molecule has 0 heterocycles. The first-order valence-electron chi connectivity index (χ1n) is 10.5. The minimum absolute atomic E-state index is 0.0756. The number of amides is 1. The number of fused-ring (bicyclic) bond motifs is 3. The lowest BCUT2D eigenvalue weighted by Gasteiger charge is -2.17. The van der Waals surface area contributed by atoms with Gasteiger partial charge < -0.3 is 19.9 Å². The fraction of sp³-hybridized carbons (Fsp3) is 0.200. The number of benzene rings is 3. The van der Waals surface area contributed by atoms with E-state index in [1.165, 1.54) is 0 Å². The fourth-order valence-electron chi connectivity index (χ4n) is 3.84. The Labute approximate surface area is 181 Å². The van der Waals surface area contributed by atoms with Gasteiger partial charge in [0.1, 0.15) is 18.4 Å². The normalized spacial score (nSPS) is 14.5. The van der Waals surface area contributed by atoms with E-state index < -0.39 is 30.6 Å². The van der Waals surface area contributed by atoms with Crippen molar-refractivity contribution in [1.82, 2.24) is 5.32 Å². The van der Waals surface area contributed by atoms with Gasteiger partial charge in [-0.25, -0.2) is 9.59 Å². The summed E-state index contributed by atoms with van der Waals surface area (Å²) in [5, 5.41) is 11.9. The summed E-state index contributed by atoms with van der Waals surface area (Å²) in [6.45, 7) is -1.23. The van der Waals surface area contributed by atoms with Gasteiger partial charge in [0.2, 0.25) is 0 Å². The summed E-state index contributed by atoms with van der Waals surface area (Å²) < 4.78 is 19.0. The number of ether oxygens (including phenoxy) is 2. The van der Waals surface area contributed by atoms with Gasteiger partial charge in [-0.1, -0.05) is 60.7 Å². The molecule has 0 aliphatic heterocycles. The van der Waals surface area contributed by atoms with Crippen molar-refractivity contribution in [3.05, 3.63) is 89.5 Å². The molecule has 1 aliphatic carbocycles. The standard InChI is InChI=1S/C25H23NO5/c1-30-17-12-10-16(11-13-17)14-23(24(27)28)26-25(29)31-15-22-20-8-4-2-6-18(20)19-7-3-5-9-21(19)22/h2-13,22-23H,14-15H2,1H3,(H,26,29)(H,27,28)/t23-/m0/s1/i15D/t15?,23-. The Morgan fingerprint density at radius 3 is 2.13 bits per heavy atom. The Bertz CT molecular complexity index is 1090. The number of methoxy groups -OCH3 is 1. The zero-order chi connectivity index (χ0) is 22.7. The molecule has 6 nitrogen and oxygen atoms in total. The van der Waals surface area contributed by atoms with Crippen LogP contribution in [0.1, 0.15) is 24.0 Å². The van der Waals surface area contributed by atoms with Gasteiger partial charge >= 0.3 is 12.1 Å². The van der Waals surface area contributed by atoms with Crippen molar-refractivity contribution in [3.8, 4) is 16.9 Å². The average molecular weight is 418 g/mol. The second-order valence-corrected chi connectivity index (χ2v) is 7.28. The third-order valence-electron chi connectivity index (χ3n) is 5.38. The van der Waals surface area contributed by atoms with Crippen LogP contribution in [0.3, 0.4) is 0 Å². The molecule has 0 bridgehead atoms. The van der Waals surface area contributed by atoms with E-state index in [0.29, 0.717) is 5.75 Å². The number of hydrogen-bond donors (Lipinski definition) is 2. The number of nitrogens with one attached hydrogen (secondary N) is 1. The van der Waals surface area contributed by atoms with Gasteiger partial charge in [-0.15, -0.1) is 0 Å². The average Bonchev–Trinajstić information content (AvgIpc) is 3.13. The SMILES string of the molecule is [2H]C(OC(=O)N[C@@H](Cc1ccc(OC)cc1)C(=O)O)C1c2ccccc2-c2ccccc21. The first kappa shape index (κ1) is 19.2. The molecule has 3 aromatic carbocycles. The van der Waals surface area contributed by atoms with Gasteiger partial charge in [-0.2, -0.15) is 0 Å². The van der Waals surface area contributed by atoms with E-state index >= 15 is 0 Å². The molecule has 2 atom stereocenters. The quantitative estimate of drug-likeness (QED) is 0.600. The zero-order valence-electron chi connectivity index (χ0n) is 17.9. The van der Waals surface area contributed by atoms with Crippen LogP contribution in [0.15, 0.2) is 72.8 Å². The van der Waals surface area contributed by atoms with Crippen molar-refractivity contribution < 1.29 is 25.5 Å². The van der Waals surface area contributed by atoms with Crippen LogP contribution in [0.2, 0.25) is 0 Å². The molecule has 6 heteroatoms. The number of carboxylic acids is 1. The van der Waals surface area contributed by atoms with Crippen LogP contribution in [0.4, 0.5) is 4.79 Å². The largest absolute Gasteiger partial charge is 0.497 e. The van der Waals surface area contributed by atoms with Crippen LogP contribution >= 0.6 is 0 Å². The van der Waals surface area contributed by atoms with Crippen LogP contribution in [0.25, 0.3) is 11.1 Å². The summed E-state index contributed by atoms with van der Waals surface area (Å²) in [6, 6.07) is 21.2. The molecule has 158 valence electrons. The summed E-state index contributed by atoms with van der Waals surface area (Å²) in [5.41, 5.74) is 4.57. The lowest BCUT2D eigenvalue weighted by atomic mass is 9.98. The predicted molar refractivity (Wildman–Crippen MR) is 116 cm³/mol. The van der Waals surface area contributed by atoms with Crippen LogP contribution < -0.4 is 10.1 Å². The fourth-order valence-corrected chi connectivity index (χ4v) is 3.84. The molecule has 0 aromatic heterocycles. The number of hydrogen-bond acceptors (Lipinski definition) is 4. The third kappa shape index (κ3) is 4.38. The van der Waals surface area contributed by atoms with Gasteiger partial charge in [0.05, 0.1) is 8.48 Å². The maximum atomic E-state index is 12.5. The molecule has 1 aliphatic rings. The van der Waals surface area contributed by atoms with Gasteiger partial charge in [-0.3, -0.25) is 0 Å². The lowest BCUT2D eigenvalue weighted by molar-refractivity contribution is -0.139. The van der Waals surface area contributed by atoms with Gasteiger partial charge in [0.25, 0.3) is 0 Å². The van der Waals surface area contributed by atoms with E-state index in [1.807, 2.05) is 48.5 Å². The first-order chi connectivity index (χ1) is 15.5. The number of carbonyl (C=O) groups is 2. The van der Waals surface area contributed by atoms with Gasteiger partial charge in [0.15, 0.2) is 0 Å². The van der Waals surface area contributed by atoms with Crippen molar-refractivity contribution in [3.63, 3.8) is 0 Å². The summed E-state index contributed by atoms with van der Waals surface area (Å²) in [7, 11) is 1.55. The highest BCUT2D eigenvalue weighted by atomic mass is 16.5. The van der Waals surface area contributed by atoms with Crippen LogP contribution in [-0.4, -0.2) is 36.9 Å². The molecule has 0 saturated heterocycles. The molecule has 4 rings (SSSR count). The van der Waals surface area contributed by atoms with Crippen molar-refractivity contribution >= 4 is 12.1 Å². The molecular formula is C25H23NO5. The molecule has 0 spiro atoms. The second kappa shape index (κ2) is 8.92. The number of rotatable bonds is 7. The monoisotopic (exact) mass is 418 g/mol. The first-order valence-corrected chi connectivity index (χ1v) is 9.91. The summed E-state index contributed by atoms with van der Waals surface area (Å²) in [5.74, 6) is -0.976. The summed E-state index contributed by atoms with van der Waals surface area (Å²) >= 11 is 0. The lowest BCUT2D eigenvalue weighted by Crippen LogP contribution is -2.42. The molecule has 1 amide bonds. The van der Waals surface area contributed by atoms with E-state index in [0.717, 1.165) is 27.8 Å². The van der Waals surface area contributed by atoms with Crippen LogP contribution in [0.5, 0.6) is 5.75 Å². The molecule has 0 radical (unpaired) electrons. The topological polar surface area (TPSA) is 84.9 Å². The number of carboxylic acid groups (broad SMARTS) is 1. The van der Waals surface area contributed by atoms with E-state index in [-0.39, 0.29) is 6.42 Å². The van der Waals surface area contributed by atoms with Crippen LogP contribution in [-0.2, 0) is 16.0 Å². The highest BCUT2D eigenvalue weighted by Crippen LogP contribution is 2.44. The summed E-state index contributed by atoms with van der Waals surface area (Å²) in [6.07, 6.45) is -0.862. The highest BCUT2D eigenvalue weighted by Gasteiger charge is 2.29. The molecular weight excluding hydrogens is 394 g/mol. The van der Waals surface area contributed by atoms with E-state index in [4.69, 9.17) is 10.8 Å². The molecule has 3 aromatic rings. The zero-order valence-corrected chi connectivity index (χ0v) is 16.9. The van der Waals surface area contributed by atoms with Crippen molar-refractivity contribution in [2.24, 2.45) is 0 Å². The Balaban J connectivity index is 1.46. The Morgan fingerprint density at radius 2 is 1.58 bits per heavy atom. The van der Waals surface area contributed by atoms with E-state index in [2.05, 4.69) is 5.32 Å². The predicted octanol–water partition coefficient (Wildman–Crippen LogP) is 4.23. The smallest absolute Gasteiger partial charge is 0.407 e. The summed E-state index contributed by atoms with van der Waals surface area (Å²) in [4.78, 5) is 24.2. The minimum Gasteiger partial charge on any atom is -0.497 e.